The van der Waals surface area contributed by atoms with Gasteiger partial charge in [0.2, 0.25) is 6.79 Å². The van der Waals surface area contributed by atoms with Crippen molar-refractivity contribution in [3.8, 4) is 11.5 Å². The average Bonchev–Trinajstić information content (AvgIpc) is 3.16. The number of fused-ring (bicyclic) bond motifs is 1. The first-order chi connectivity index (χ1) is 13.6. The summed E-state index contributed by atoms with van der Waals surface area (Å²) in [7, 11) is 0. The van der Waals surface area contributed by atoms with Crippen molar-refractivity contribution in [1.29, 1.82) is 0 Å². The zero-order valence-corrected chi connectivity index (χ0v) is 15.3. The van der Waals surface area contributed by atoms with Crippen molar-refractivity contribution in [3.63, 3.8) is 0 Å². The van der Waals surface area contributed by atoms with Crippen LogP contribution in [-0.4, -0.2) is 18.6 Å². The van der Waals surface area contributed by atoms with Crippen molar-refractivity contribution >= 4 is 34.8 Å². The molecule has 0 aliphatic carbocycles. The Labute approximate surface area is 166 Å². The largest absolute Gasteiger partial charge is 0.454 e. The lowest BCUT2D eigenvalue weighted by atomic mass is 10.1. The van der Waals surface area contributed by atoms with Crippen molar-refractivity contribution in [2.24, 2.45) is 0 Å². The third kappa shape index (κ3) is 3.92. The highest BCUT2D eigenvalue weighted by molar-refractivity contribution is 6.31. The molecule has 0 unspecified atom stereocenters. The molecule has 140 valence electrons. The van der Waals surface area contributed by atoms with Crippen LogP contribution in [0.5, 0.6) is 11.5 Å². The molecule has 0 radical (unpaired) electrons. The lowest BCUT2D eigenvalue weighted by Gasteiger charge is -2.09. The van der Waals surface area contributed by atoms with Gasteiger partial charge in [0.25, 0.3) is 11.8 Å². The summed E-state index contributed by atoms with van der Waals surface area (Å²) in [6, 6.07) is 18.4. The van der Waals surface area contributed by atoms with E-state index in [1.54, 1.807) is 60.7 Å². The molecular formula is C21H15ClN2O4. The molecule has 0 saturated heterocycles. The Hall–Kier alpha value is -3.51. The topological polar surface area (TPSA) is 76.7 Å². The standard InChI is InChI=1S/C21H15ClN2O4/c22-15-5-2-6-16(10-15)23-20(25)13-3-1-4-14(9-13)21(26)24-17-7-8-18-19(11-17)28-12-27-18/h1-11H,12H2,(H,23,25)(H,24,26). The number of carbonyl (C=O) groups is 2. The molecule has 1 aliphatic heterocycles. The summed E-state index contributed by atoms with van der Waals surface area (Å²) in [6.07, 6.45) is 0. The van der Waals surface area contributed by atoms with Crippen LogP contribution in [0.15, 0.2) is 66.7 Å². The van der Waals surface area contributed by atoms with Crippen LogP contribution in [0.3, 0.4) is 0 Å². The predicted molar refractivity (Wildman–Crippen MR) is 106 cm³/mol. The minimum atomic E-state index is -0.337. The third-order valence-corrected chi connectivity index (χ3v) is 4.33. The smallest absolute Gasteiger partial charge is 0.255 e. The first kappa shape index (κ1) is 17.9. The number of rotatable bonds is 4. The minimum Gasteiger partial charge on any atom is -0.454 e. The number of anilines is 2. The number of benzene rings is 3. The Morgan fingerprint density at radius 2 is 1.39 bits per heavy atom. The van der Waals surface area contributed by atoms with Crippen molar-refractivity contribution in [2.75, 3.05) is 17.4 Å². The maximum Gasteiger partial charge on any atom is 0.255 e. The van der Waals surface area contributed by atoms with Crippen LogP contribution in [0.1, 0.15) is 20.7 Å². The first-order valence-electron chi connectivity index (χ1n) is 8.46. The Kier molecular flexibility index (Phi) is 4.87. The molecule has 2 N–H and O–H groups in total. The summed E-state index contributed by atoms with van der Waals surface area (Å²) < 4.78 is 10.6. The number of hydrogen-bond acceptors (Lipinski definition) is 4. The zero-order chi connectivity index (χ0) is 19.5. The van der Waals surface area contributed by atoms with Gasteiger partial charge in [0, 0.05) is 33.6 Å². The van der Waals surface area contributed by atoms with E-state index in [1.807, 2.05) is 0 Å². The van der Waals surface area contributed by atoms with Gasteiger partial charge in [-0.3, -0.25) is 9.59 Å². The number of carbonyl (C=O) groups excluding carboxylic acids is 2. The van der Waals surface area contributed by atoms with Gasteiger partial charge < -0.3 is 20.1 Å². The van der Waals surface area contributed by atoms with Gasteiger partial charge in [-0.1, -0.05) is 23.7 Å². The van der Waals surface area contributed by atoms with E-state index in [1.165, 1.54) is 6.07 Å². The second-order valence-electron chi connectivity index (χ2n) is 6.07. The molecule has 0 saturated carbocycles. The minimum absolute atomic E-state index is 0.163. The lowest BCUT2D eigenvalue weighted by molar-refractivity contribution is 0.102. The molecule has 1 aliphatic rings. The highest BCUT2D eigenvalue weighted by atomic mass is 35.5. The van der Waals surface area contributed by atoms with Gasteiger partial charge in [0.15, 0.2) is 11.5 Å². The highest BCUT2D eigenvalue weighted by Gasteiger charge is 2.15. The second-order valence-corrected chi connectivity index (χ2v) is 6.50. The molecule has 3 aromatic carbocycles. The zero-order valence-electron chi connectivity index (χ0n) is 14.6. The van der Waals surface area contributed by atoms with Crippen LogP contribution < -0.4 is 20.1 Å². The van der Waals surface area contributed by atoms with Crippen molar-refractivity contribution in [2.45, 2.75) is 0 Å². The number of ether oxygens (including phenoxy) is 2. The summed E-state index contributed by atoms with van der Waals surface area (Å²) in [4.78, 5) is 25.0. The molecule has 1 heterocycles. The molecule has 0 atom stereocenters. The molecule has 2 amide bonds. The van der Waals surface area contributed by atoms with Crippen molar-refractivity contribution in [3.05, 3.63) is 82.9 Å². The van der Waals surface area contributed by atoms with Crippen LogP contribution >= 0.6 is 11.6 Å². The van der Waals surface area contributed by atoms with Gasteiger partial charge in [0.05, 0.1) is 0 Å². The molecule has 28 heavy (non-hydrogen) atoms. The third-order valence-electron chi connectivity index (χ3n) is 4.10. The average molecular weight is 395 g/mol. The van der Waals surface area contributed by atoms with Crippen molar-refractivity contribution < 1.29 is 19.1 Å². The number of hydrogen-bond donors (Lipinski definition) is 2. The summed E-state index contributed by atoms with van der Waals surface area (Å²) >= 11 is 5.93. The molecule has 0 aromatic heterocycles. The fourth-order valence-electron chi connectivity index (χ4n) is 2.75. The number of nitrogens with one attached hydrogen (secondary N) is 2. The van der Waals surface area contributed by atoms with Crippen LogP contribution in [0, 0.1) is 0 Å². The molecule has 0 spiro atoms. The predicted octanol–water partition coefficient (Wildman–Crippen LogP) is 4.57. The van der Waals surface area contributed by atoms with Crippen LogP contribution in [0.4, 0.5) is 11.4 Å². The van der Waals surface area contributed by atoms with E-state index in [2.05, 4.69) is 10.6 Å². The van der Waals surface area contributed by atoms with Gasteiger partial charge in [0.1, 0.15) is 0 Å². The number of amides is 2. The van der Waals surface area contributed by atoms with Crippen LogP contribution in [-0.2, 0) is 0 Å². The van der Waals surface area contributed by atoms with E-state index in [-0.39, 0.29) is 18.6 Å². The van der Waals surface area contributed by atoms with Gasteiger partial charge >= 0.3 is 0 Å². The van der Waals surface area contributed by atoms with Gasteiger partial charge in [-0.05, 0) is 48.5 Å². The summed E-state index contributed by atoms with van der Waals surface area (Å²) in [5.41, 5.74) is 1.87. The van der Waals surface area contributed by atoms with E-state index in [4.69, 9.17) is 21.1 Å². The molecule has 0 bridgehead atoms. The molecule has 4 rings (SSSR count). The number of halogens is 1. The maximum atomic E-state index is 12.6. The van der Waals surface area contributed by atoms with Crippen LogP contribution in [0.2, 0.25) is 5.02 Å². The molecule has 0 fully saturated rings. The molecule has 3 aromatic rings. The van der Waals surface area contributed by atoms with E-state index in [0.717, 1.165) is 0 Å². The molecular weight excluding hydrogens is 380 g/mol. The Morgan fingerprint density at radius 1 is 0.750 bits per heavy atom. The Balaban J connectivity index is 1.48. The Bertz CT molecular complexity index is 1070. The SMILES string of the molecule is O=C(Nc1cccc(Cl)c1)c1cccc(C(=O)Nc2ccc3c(c2)OCO3)c1. The highest BCUT2D eigenvalue weighted by Crippen LogP contribution is 2.34. The van der Waals surface area contributed by atoms with Crippen molar-refractivity contribution in [1.82, 2.24) is 0 Å². The summed E-state index contributed by atoms with van der Waals surface area (Å²) in [5, 5.41) is 6.07. The lowest BCUT2D eigenvalue weighted by Crippen LogP contribution is -2.15. The fraction of sp³-hybridized carbons (Fsp3) is 0.0476. The first-order valence-corrected chi connectivity index (χ1v) is 8.84. The normalized spacial score (nSPS) is 11.8. The summed E-state index contributed by atoms with van der Waals surface area (Å²) in [5.74, 6) is 0.543. The molecule has 6 nitrogen and oxygen atoms in total. The second kappa shape index (κ2) is 7.62. The maximum absolute atomic E-state index is 12.6. The fourth-order valence-corrected chi connectivity index (χ4v) is 2.94. The van der Waals surface area contributed by atoms with Gasteiger partial charge in [-0.15, -0.1) is 0 Å². The van der Waals surface area contributed by atoms with E-state index < -0.39 is 0 Å². The van der Waals surface area contributed by atoms with E-state index >= 15 is 0 Å². The van der Waals surface area contributed by atoms with E-state index in [9.17, 15) is 9.59 Å². The quantitative estimate of drug-likeness (QED) is 0.679. The Morgan fingerprint density at radius 3 is 2.11 bits per heavy atom. The molecule has 7 heteroatoms. The summed E-state index contributed by atoms with van der Waals surface area (Å²) in [6.45, 7) is 0.163. The van der Waals surface area contributed by atoms with Gasteiger partial charge in [-0.25, -0.2) is 0 Å². The van der Waals surface area contributed by atoms with Crippen LogP contribution in [0.25, 0.3) is 0 Å². The van der Waals surface area contributed by atoms with E-state index in [0.29, 0.717) is 39.0 Å². The van der Waals surface area contributed by atoms with Gasteiger partial charge in [-0.2, -0.15) is 0 Å². The monoisotopic (exact) mass is 394 g/mol.